The number of anilines is 1. The maximum absolute atomic E-state index is 12.6. The van der Waals surface area contributed by atoms with E-state index in [0.29, 0.717) is 17.1 Å². The Morgan fingerprint density at radius 3 is 2.40 bits per heavy atom. The summed E-state index contributed by atoms with van der Waals surface area (Å²) in [5, 5.41) is 12.1. The third kappa shape index (κ3) is 3.64. The van der Waals surface area contributed by atoms with Gasteiger partial charge in [-0.3, -0.25) is 4.79 Å². The van der Waals surface area contributed by atoms with Crippen LogP contribution in [0.4, 0.5) is 5.69 Å². The van der Waals surface area contributed by atoms with Gasteiger partial charge < -0.3 is 14.8 Å². The monoisotopic (exact) mass is 335 g/mol. The average molecular weight is 335 g/mol. The number of aliphatic hydroxyl groups excluding tert-OH is 1. The first-order chi connectivity index (χ1) is 12.0. The van der Waals surface area contributed by atoms with E-state index >= 15 is 0 Å². The number of amides is 1. The molecule has 1 amide bonds. The molecule has 0 spiro atoms. The molecule has 3 rings (SSSR count). The molecule has 25 heavy (non-hydrogen) atoms. The van der Waals surface area contributed by atoms with Gasteiger partial charge in [0.2, 0.25) is 0 Å². The van der Waals surface area contributed by atoms with Gasteiger partial charge in [0.1, 0.15) is 18.1 Å². The molecule has 4 nitrogen and oxygen atoms in total. The first kappa shape index (κ1) is 17.0. The number of aryl methyl sites for hydroxylation is 3. The molecule has 0 saturated carbocycles. The van der Waals surface area contributed by atoms with Crippen molar-refractivity contribution in [1.82, 2.24) is 0 Å². The maximum atomic E-state index is 12.6. The van der Waals surface area contributed by atoms with Gasteiger partial charge in [-0.15, -0.1) is 0 Å². The molecule has 0 aliphatic rings. The van der Waals surface area contributed by atoms with Crippen molar-refractivity contribution < 1.29 is 14.3 Å². The summed E-state index contributed by atoms with van der Waals surface area (Å²) in [5.74, 6) is 1.03. The average Bonchev–Trinajstić information content (AvgIpc) is 3.08. The molecule has 0 saturated heterocycles. The number of furan rings is 1. The summed E-state index contributed by atoms with van der Waals surface area (Å²) in [7, 11) is 0. The molecule has 0 atom stereocenters. The number of carbonyl (C=O) groups excluding carboxylic acids is 1. The van der Waals surface area contributed by atoms with E-state index in [4.69, 9.17) is 9.52 Å². The van der Waals surface area contributed by atoms with Gasteiger partial charge in [0.25, 0.3) is 5.91 Å². The molecule has 128 valence electrons. The van der Waals surface area contributed by atoms with Crippen molar-refractivity contribution in [3.63, 3.8) is 0 Å². The third-order valence-electron chi connectivity index (χ3n) is 4.36. The highest BCUT2D eigenvalue weighted by Gasteiger charge is 2.11. The number of aliphatic hydroxyl groups is 1. The third-order valence-corrected chi connectivity index (χ3v) is 4.36. The normalized spacial score (nSPS) is 10.7. The van der Waals surface area contributed by atoms with Gasteiger partial charge in [-0.25, -0.2) is 0 Å². The first-order valence-electron chi connectivity index (χ1n) is 8.17. The molecule has 3 aromatic rings. The van der Waals surface area contributed by atoms with E-state index < -0.39 is 0 Å². The zero-order chi connectivity index (χ0) is 18.0. The van der Waals surface area contributed by atoms with E-state index in [0.717, 1.165) is 27.9 Å². The maximum Gasteiger partial charge on any atom is 0.255 e. The lowest BCUT2D eigenvalue weighted by atomic mass is 10.0. The highest BCUT2D eigenvalue weighted by atomic mass is 16.4. The van der Waals surface area contributed by atoms with Gasteiger partial charge in [-0.2, -0.15) is 0 Å². The van der Waals surface area contributed by atoms with Crippen molar-refractivity contribution in [2.24, 2.45) is 0 Å². The van der Waals surface area contributed by atoms with Crippen molar-refractivity contribution in [2.75, 3.05) is 5.32 Å². The molecule has 0 fully saturated rings. The Bertz CT molecular complexity index is 925. The Hall–Kier alpha value is -2.85. The standard InChI is InChI=1S/C21H21NO3/c1-13-4-7-17(10-15(13)3)21(24)22-19-11-16(6-5-14(19)2)20-9-8-18(12-23)25-20/h4-11,23H,12H2,1-3H3,(H,22,24). The van der Waals surface area contributed by atoms with E-state index in [-0.39, 0.29) is 12.5 Å². The van der Waals surface area contributed by atoms with Crippen LogP contribution in [-0.2, 0) is 6.61 Å². The van der Waals surface area contributed by atoms with Gasteiger partial charge >= 0.3 is 0 Å². The van der Waals surface area contributed by atoms with E-state index in [1.807, 2.05) is 63.2 Å². The Kier molecular flexibility index (Phi) is 4.72. The van der Waals surface area contributed by atoms with Crippen molar-refractivity contribution in [2.45, 2.75) is 27.4 Å². The van der Waals surface area contributed by atoms with Crippen molar-refractivity contribution >= 4 is 11.6 Å². The van der Waals surface area contributed by atoms with Crippen LogP contribution < -0.4 is 5.32 Å². The van der Waals surface area contributed by atoms with Crippen LogP contribution in [0, 0.1) is 20.8 Å². The fraction of sp³-hybridized carbons (Fsp3) is 0.190. The van der Waals surface area contributed by atoms with E-state index in [1.165, 1.54) is 0 Å². The minimum absolute atomic E-state index is 0.137. The quantitative estimate of drug-likeness (QED) is 0.731. The van der Waals surface area contributed by atoms with Crippen molar-refractivity contribution in [3.8, 4) is 11.3 Å². The molecule has 0 aliphatic heterocycles. The lowest BCUT2D eigenvalue weighted by Gasteiger charge is -2.11. The summed E-state index contributed by atoms with van der Waals surface area (Å²) in [6, 6.07) is 15.0. The topological polar surface area (TPSA) is 62.5 Å². The number of carbonyl (C=O) groups is 1. The predicted octanol–water partition coefficient (Wildman–Crippen LogP) is 4.62. The second kappa shape index (κ2) is 6.95. The second-order valence-corrected chi connectivity index (χ2v) is 6.21. The lowest BCUT2D eigenvalue weighted by Crippen LogP contribution is -2.13. The Morgan fingerprint density at radius 1 is 0.960 bits per heavy atom. The second-order valence-electron chi connectivity index (χ2n) is 6.21. The van der Waals surface area contributed by atoms with Crippen LogP contribution in [0.2, 0.25) is 0 Å². The Balaban J connectivity index is 1.87. The molecular formula is C21H21NO3. The lowest BCUT2D eigenvalue weighted by molar-refractivity contribution is 0.102. The predicted molar refractivity (Wildman–Crippen MR) is 98.7 cm³/mol. The first-order valence-corrected chi connectivity index (χ1v) is 8.17. The van der Waals surface area contributed by atoms with Crippen LogP contribution in [0.1, 0.15) is 32.8 Å². The van der Waals surface area contributed by atoms with Crippen LogP contribution >= 0.6 is 0 Å². The number of hydrogen-bond acceptors (Lipinski definition) is 3. The summed E-state index contributed by atoms with van der Waals surface area (Å²) in [6.07, 6.45) is 0. The summed E-state index contributed by atoms with van der Waals surface area (Å²) >= 11 is 0. The zero-order valence-electron chi connectivity index (χ0n) is 14.6. The van der Waals surface area contributed by atoms with Crippen molar-refractivity contribution in [3.05, 3.63) is 76.5 Å². The number of rotatable bonds is 4. The van der Waals surface area contributed by atoms with Crippen molar-refractivity contribution in [1.29, 1.82) is 0 Å². The Labute approximate surface area is 147 Å². The SMILES string of the molecule is Cc1ccc(C(=O)Nc2cc(-c3ccc(CO)o3)ccc2C)cc1C. The zero-order valence-corrected chi connectivity index (χ0v) is 14.6. The molecule has 0 radical (unpaired) electrons. The van der Waals surface area contributed by atoms with Gasteiger partial charge in [0.05, 0.1) is 0 Å². The van der Waals surface area contributed by atoms with Gasteiger partial charge in [0.15, 0.2) is 0 Å². The summed E-state index contributed by atoms with van der Waals surface area (Å²) < 4.78 is 5.57. The van der Waals surface area contributed by atoms with Crippen LogP contribution in [0.5, 0.6) is 0 Å². The summed E-state index contributed by atoms with van der Waals surface area (Å²) in [5.41, 5.74) is 5.43. The Morgan fingerprint density at radius 2 is 1.72 bits per heavy atom. The molecular weight excluding hydrogens is 314 g/mol. The molecule has 0 unspecified atom stereocenters. The molecule has 2 N–H and O–H groups in total. The molecule has 2 aromatic carbocycles. The van der Waals surface area contributed by atoms with Gasteiger partial charge in [-0.05, 0) is 67.8 Å². The van der Waals surface area contributed by atoms with Crippen LogP contribution in [0.3, 0.4) is 0 Å². The van der Waals surface area contributed by atoms with E-state index in [1.54, 1.807) is 6.07 Å². The van der Waals surface area contributed by atoms with Crippen LogP contribution in [0.15, 0.2) is 52.9 Å². The molecule has 4 heteroatoms. The summed E-state index contributed by atoms with van der Waals surface area (Å²) in [6.45, 7) is 5.82. The molecule has 1 aromatic heterocycles. The number of benzene rings is 2. The fourth-order valence-corrected chi connectivity index (χ4v) is 2.61. The highest BCUT2D eigenvalue weighted by molar-refractivity contribution is 6.05. The molecule has 1 heterocycles. The van der Waals surface area contributed by atoms with Gasteiger partial charge in [0, 0.05) is 16.8 Å². The number of hydrogen-bond donors (Lipinski definition) is 2. The minimum atomic E-state index is -0.140. The largest absolute Gasteiger partial charge is 0.459 e. The van der Waals surface area contributed by atoms with Gasteiger partial charge in [-0.1, -0.05) is 18.2 Å². The number of nitrogens with one attached hydrogen (secondary N) is 1. The van der Waals surface area contributed by atoms with Crippen LogP contribution in [-0.4, -0.2) is 11.0 Å². The molecule has 0 bridgehead atoms. The van der Waals surface area contributed by atoms with Crippen LogP contribution in [0.25, 0.3) is 11.3 Å². The summed E-state index contributed by atoms with van der Waals surface area (Å²) in [4.78, 5) is 12.6. The minimum Gasteiger partial charge on any atom is -0.459 e. The molecule has 0 aliphatic carbocycles. The van der Waals surface area contributed by atoms with E-state index in [2.05, 4.69) is 5.32 Å². The van der Waals surface area contributed by atoms with E-state index in [9.17, 15) is 4.79 Å². The smallest absolute Gasteiger partial charge is 0.255 e. The fourth-order valence-electron chi connectivity index (χ4n) is 2.61. The highest BCUT2D eigenvalue weighted by Crippen LogP contribution is 2.27.